The van der Waals surface area contributed by atoms with Gasteiger partial charge in [0.15, 0.2) is 6.61 Å². The van der Waals surface area contributed by atoms with E-state index in [1.54, 1.807) is 48.7 Å². The van der Waals surface area contributed by atoms with Gasteiger partial charge >= 0.3 is 11.9 Å². The summed E-state index contributed by atoms with van der Waals surface area (Å²) >= 11 is 1.11. The number of ether oxygens (including phenoxy) is 2. The highest BCUT2D eigenvalue weighted by Gasteiger charge is 2.24. The van der Waals surface area contributed by atoms with Crippen molar-refractivity contribution in [3.8, 4) is 11.3 Å². The van der Waals surface area contributed by atoms with Gasteiger partial charge in [-0.15, -0.1) is 11.3 Å². The van der Waals surface area contributed by atoms with Crippen LogP contribution < -0.4 is 10.6 Å². The zero-order valence-electron chi connectivity index (χ0n) is 18.5. The van der Waals surface area contributed by atoms with Crippen molar-refractivity contribution < 1.29 is 33.1 Å². The van der Waals surface area contributed by atoms with Gasteiger partial charge in [0.1, 0.15) is 22.0 Å². The number of hydrogen-bond acceptors (Lipinski definition) is 8. The lowest BCUT2D eigenvalue weighted by molar-refractivity contribution is -0.144. The molecular formula is C24H22N2O7S. The predicted molar refractivity (Wildman–Crippen MR) is 126 cm³/mol. The van der Waals surface area contributed by atoms with Gasteiger partial charge < -0.3 is 24.5 Å². The monoisotopic (exact) mass is 482 g/mol. The van der Waals surface area contributed by atoms with Crippen molar-refractivity contribution in [3.63, 3.8) is 0 Å². The smallest absolute Gasteiger partial charge is 0.355 e. The fraction of sp³-hybridized carbons (Fsp3) is 0.167. The Morgan fingerprint density at radius 1 is 1.06 bits per heavy atom. The maximum absolute atomic E-state index is 12.5. The summed E-state index contributed by atoms with van der Waals surface area (Å²) in [4.78, 5) is 49.0. The van der Waals surface area contributed by atoms with Gasteiger partial charge in [-0.05, 0) is 30.7 Å². The van der Waals surface area contributed by atoms with Crippen LogP contribution in [0.4, 0.5) is 5.00 Å². The Morgan fingerprint density at radius 2 is 1.82 bits per heavy atom. The summed E-state index contributed by atoms with van der Waals surface area (Å²) in [6, 6.07) is 12.2. The van der Waals surface area contributed by atoms with E-state index in [2.05, 4.69) is 10.6 Å². The normalized spacial score (nSPS) is 10.9. The van der Waals surface area contributed by atoms with E-state index in [9.17, 15) is 19.2 Å². The van der Waals surface area contributed by atoms with E-state index < -0.39 is 30.4 Å². The van der Waals surface area contributed by atoms with E-state index in [0.29, 0.717) is 16.9 Å². The Labute approximate surface area is 199 Å². The van der Waals surface area contributed by atoms with Crippen molar-refractivity contribution in [2.75, 3.05) is 18.5 Å². The number of carbonyl (C=O) groups excluding carboxylic acids is 4. The fourth-order valence-electron chi connectivity index (χ4n) is 2.89. The first-order valence-electron chi connectivity index (χ1n) is 10.2. The fourth-order valence-corrected chi connectivity index (χ4v) is 3.85. The van der Waals surface area contributed by atoms with Crippen LogP contribution in [0, 0.1) is 0 Å². The molecule has 1 aromatic carbocycles. The summed E-state index contributed by atoms with van der Waals surface area (Å²) in [6.45, 7) is 2.44. The van der Waals surface area contributed by atoms with Crippen molar-refractivity contribution in [2.24, 2.45) is 0 Å². The number of anilines is 1. The van der Waals surface area contributed by atoms with Gasteiger partial charge in [0.05, 0.1) is 12.9 Å². The lowest BCUT2D eigenvalue weighted by Crippen LogP contribution is -2.29. The van der Waals surface area contributed by atoms with E-state index in [0.717, 1.165) is 11.3 Å². The molecule has 0 saturated carbocycles. The van der Waals surface area contributed by atoms with Crippen molar-refractivity contribution >= 4 is 46.2 Å². The number of thiophene rings is 1. The zero-order valence-corrected chi connectivity index (χ0v) is 19.3. The molecule has 9 nitrogen and oxygen atoms in total. The second-order valence-electron chi connectivity index (χ2n) is 6.83. The van der Waals surface area contributed by atoms with Crippen LogP contribution in [0.1, 0.15) is 29.8 Å². The molecule has 34 heavy (non-hydrogen) atoms. The summed E-state index contributed by atoms with van der Waals surface area (Å²) in [5, 5.41) is 6.86. The summed E-state index contributed by atoms with van der Waals surface area (Å²) in [5.41, 5.74) is 1.16. The van der Waals surface area contributed by atoms with E-state index in [-0.39, 0.29) is 22.9 Å². The topological polar surface area (TPSA) is 124 Å². The van der Waals surface area contributed by atoms with E-state index >= 15 is 0 Å². The minimum Gasteiger partial charge on any atom is -0.464 e. The summed E-state index contributed by atoms with van der Waals surface area (Å²) < 4.78 is 15.6. The Kier molecular flexibility index (Phi) is 8.36. The summed E-state index contributed by atoms with van der Waals surface area (Å²) in [7, 11) is 0. The van der Waals surface area contributed by atoms with Crippen LogP contribution in [-0.2, 0) is 23.9 Å². The Balaban J connectivity index is 1.71. The third-order valence-corrected chi connectivity index (χ3v) is 5.18. The van der Waals surface area contributed by atoms with Crippen molar-refractivity contribution in [3.05, 3.63) is 70.9 Å². The van der Waals surface area contributed by atoms with Gasteiger partial charge in [-0.1, -0.05) is 30.3 Å². The number of rotatable bonds is 9. The minimum atomic E-state index is -0.887. The average Bonchev–Trinajstić information content (AvgIpc) is 3.47. The van der Waals surface area contributed by atoms with Crippen LogP contribution in [0.2, 0.25) is 0 Å². The molecule has 0 radical (unpaired) electrons. The number of amides is 2. The Morgan fingerprint density at radius 3 is 2.47 bits per heavy atom. The van der Waals surface area contributed by atoms with Gasteiger partial charge in [-0.25, -0.2) is 9.59 Å². The highest BCUT2D eigenvalue weighted by Crippen LogP contribution is 2.36. The molecule has 0 saturated heterocycles. The molecular weight excluding hydrogens is 460 g/mol. The number of nitrogens with one attached hydrogen (secondary N) is 2. The van der Waals surface area contributed by atoms with Crippen molar-refractivity contribution in [1.82, 2.24) is 5.32 Å². The minimum absolute atomic E-state index is 0.116. The number of benzene rings is 1. The first-order valence-corrected chi connectivity index (χ1v) is 11.1. The second kappa shape index (κ2) is 11.6. The highest BCUT2D eigenvalue weighted by atomic mass is 32.1. The second-order valence-corrected chi connectivity index (χ2v) is 7.71. The Hall–Kier alpha value is -4.18. The molecule has 3 aromatic rings. The highest BCUT2D eigenvalue weighted by molar-refractivity contribution is 7.15. The third-order valence-electron chi connectivity index (χ3n) is 4.29. The zero-order chi connectivity index (χ0) is 24.5. The van der Waals surface area contributed by atoms with E-state index in [1.807, 2.05) is 6.07 Å². The van der Waals surface area contributed by atoms with E-state index in [4.69, 9.17) is 13.9 Å². The molecule has 10 heteroatoms. The van der Waals surface area contributed by atoms with Gasteiger partial charge in [0.2, 0.25) is 5.91 Å². The molecule has 2 aromatic heterocycles. The first-order chi connectivity index (χ1) is 16.4. The lowest BCUT2D eigenvalue weighted by atomic mass is 10.1. The van der Waals surface area contributed by atoms with Crippen molar-refractivity contribution in [2.45, 2.75) is 13.8 Å². The standard InChI is InChI=1S/C24H22N2O7S/c1-3-31-24(30)21-17(19-10-7-11-32-19)14-34-22(21)26-20(28)13-33-23(29)18(25-15(2)27)12-16-8-5-4-6-9-16/h4-12,14H,3,13H2,1-2H3,(H,25,27)(H,26,28)/b18-12-. The van der Waals surface area contributed by atoms with Gasteiger partial charge in [-0.3, -0.25) is 9.59 Å². The largest absolute Gasteiger partial charge is 0.464 e. The maximum atomic E-state index is 12.5. The number of hydrogen-bond donors (Lipinski definition) is 2. The van der Waals surface area contributed by atoms with Crippen LogP contribution in [0.3, 0.4) is 0 Å². The quantitative estimate of drug-likeness (QED) is 0.351. The maximum Gasteiger partial charge on any atom is 0.355 e. The van der Waals surface area contributed by atoms with Gasteiger partial charge in [-0.2, -0.15) is 0 Å². The predicted octanol–water partition coefficient (Wildman–Crippen LogP) is 3.84. The van der Waals surface area contributed by atoms with E-state index in [1.165, 1.54) is 19.3 Å². The van der Waals surface area contributed by atoms with Crippen LogP contribution >= 0.6 is 11.3 Å². The lowest BCUT2D eigenvalue weighted by Gasteiger charge is -2.10. The number of furan rings is 1. The third kappa shape index (κ3) is 6.42. The van der Waals surface area contributed by atoms with Gasteiger partial charge in [0.25, 0.3) is 5.91 Å². The summed E-state index contributed by atoms with van der Waals surface area (Å²) in [5.74, 6) is -2.21. The molecule has 176 valence electrons. The molecule has 0 spiro atoms. The molecule has 0 atom stereocenters. The molecule has 0 bridgehead atoms. The molecule has 0 aliphatic heterocycles. The molecule has 2 heterocycles. The number of esters is 2. The average molecular weight is 483 g/mol. The molecule has 2 N–H and O–H groups in total. The number of carbonyl (C=O) groups is 4. The van der Waals surface area contributed by atoms with Crippen LogP contribution in [0.25, 0.3) is 17.4 Å². The SMILES string of the molecule is CCOC(=O)c1c(-c2ccco2)csc1NC(=O)COC(=O)/C(=C/c1ccccc1)NC(C)=O. The molecule has 0 unspecified atom stereocenters. The van der Waals surface area contributed by atoms with Gasteiger partial charge in [0, 0.05) is 17.9 Å². The molecule has 0 aliphatic rings. The van der Waals surface area contributed by atoms with Crippen LogP contribution in [-0.4, -0.2) is 37.0 Å². The molecule has 0 fully saturated rings. The summed E-state index contributed by atoms with van der Waals surface area (Å²) in [6.07, 6.45) is 2.91. The first kappa shape index (κ1) is 24.5. The molecule has 3 rings (SSSR count). The van der Waals surface area contributed by atoms with Crippen LogP contribution in [0.5, 0.6) is 0 Å². The molecule has 0 aliphatic carbocycles. The Bertz CT molecular complexity index is 1200. The van der Waals surface area contributed by atoms with Crippen LogP contribution in [0.15, 0.2) is 64.2 Å². The molecule has 2 amide bonds. The van der Waals surface area contributed by atoms with Crippen molar-refractivity contribution in [1.29, 1.82) is 0 Å².